The number of aliphatic hydroxyl groups excluding tert-OH is 1. The fourth-order valence-electron chi connectivity index (χ4n) is 2.66. The highest BCUT2D eigenvalue weighted by Crippen LogP contribution is 2.32. The maximum Gasteiger partial charge on any atom is 0.0691 e. The van der Waals surface area contributed by atoms with Gasteiger partial charge < -0.3 is 15.2 Å². The van der Waals surface area contributed by atoms with Crippen molar-refractivity contribution >= 4 is 0 Å². The summed E-state index contributed by atoms with van der Waals surface area (Å²) in [4.78, 5) is 0. The highest BCUT2D eigenvalue weighted by atomic mass is 16.5. The van der Waals surface area contributed by atoms with Crippen molar-refractivity contribution in [3.63, 3.8) is 0 Å². The molecule has 2 N–H and O–H groups in total. The van der Waals surface area contributed by atoms with Gasteiger partial charge in [-0.05, 0) is 30.9 Å². The molecule has 0 aliphatic heterocycles. The lowest BCUT2D eigenvalue weighted by Gasteiger charge is -2.33. The zero-order chi connectivity index (χ0) is 14.3. The molecule has 0 aromatic heterocycles. The van der Waals surface area contributed by atoms with Crippen molar-refractivity contribution in [2.24, 2.45) is 5.92 Å². The number of aliphatic hydroxyl groups is 1. The van der Waals surface area contributed by atoms with Crippen LogP contribution in [-0.4, -0.2) is 31.5 Å². The smallest absolute Gasteiger partial charge is 0.0691 e. The van der Waals surface area contributed by atoms with Crippen molar-refractivity contribution in [2.45, 2.75) is 38.1 Å². The van der Waals surface area contributed by atoms with Gasteiger partial charge in [-0.2, -0.15) is 0 Å². The average molecular weight is 277 g/mol. The van der Waals surface area contributed by atoms with Crippen molar-refractivity contribution in [3.05, 3.63) is 35.9 Å². The van der Waals surface area contributed by atoms with Crippen LogP contribution in [0.1, 0.15) is 38.2 Å². The number of likely N-dealkylation sites (N-methyl/N-ethyl adjacent to an activating group) is 1. The number of rotatable bonds is 10. The van der Waals surface area contributed by atoms with Crippen LogP contribution in [0, 0.1) is 5.92 Å². The second-order valence-corrected chi connectivity index (χ2v) is 5.73. The minimum atomic E-state index is -0.379. The maximum atomic E-state index is 9.90. The Hall–Kier alpha value is -0.900. The van der Waals surface area contributed by atoms with E-state index in [0.29, 0.717) is 6.61 Å². The molecule has 1 atom stereocenters. The standard InChI is InChI=1S/C17H27NO2/c1-2-18-17(14-19,16-6-4-3-5-7-16)11-13-20-12-10-15-8-9-15/h3-7,15,18-19H,2,8-14H2,1H3. The van der Waals surface area contributed by atoms with E-state index < -0.39 is 0 Å². The Morgan fingerprint density at radius 1 is 1.25 bits per heavy atom. The largest absolute Gasteiger partial charge is 0.394 e. The highest BCUT2D eigenvalue weighted by molar-refractivity contribution is 5.24. The summed E-state index contributed by atoms with van der Waals surface area (Å²) in [5.41, 5.74) is 0.755. The molecule has 0 bridgehead atoms. The van der Waals surface area contributed by atoms with Crippen molar-refractivity contribution in [3.8, 4) is 0 Å². The molecular weight excluding hydrogens is 250 g/mol. The molecule has 20 heavy (non-hydrogen) atoms. The molecule has 0 saturated heterocycles. The topological polar surface area (TPSA) is 41.5 Å². The summed E-state index contributed by atoms with van der Waals surface area (Å²) in [6.45, 7) is 4.54. The monoisotopic (exact) mass is 277 g/mol. The summed E-state index contributed by atoms with van der Waals surface area (Å²) in [6, 6.07) is 10.2. The number of benzene rings is 1. The van der Waals surface area contributed by atoms with Crippen LogP contribution >= 0.6 is 0 Å². The number of hydrogen-bond acceptors (Lipinski definition) is 3. The van der Waals surface area contributed by atoms with Gasteiger partial charge in [0, 0.05) is 13.2 Å². The Bertz CT molecular complexity index is 378. The van der Waals surface area contributed by atoms with Gasteiger partial charge in [0.05, 0.1) is 12.1 Å². The minimum Gasteiger partial charge on any atom is -0.394 e. The average Bonchev–Trinajstić information content (AvgIpc) is 3.31. The molecule has 1 saturated carbocycles. The molecule has 3 heteroatoms. The minimum absolute atomic E-state index is 0.0941. The van der Waals surface area contributed by atoms with Crippen molar-refractivity contribution in [1.82, 2.24) is 5.32 Å². The summed E-state index contributed by atoms with van der Waals surface area (Å²) in [6.07, 6.45) is 4.75. The first-order valence-corrected chi connectivity index (χ1v) is 7.80. The zero-order valence-corrected chi connectivity index (χ0v) is 12.5. The molecule has 3 nitrogen and oxygen atoms in total. The van der Waals surface area contributed by atoms with E-state index in [0.717, 1.165) is 31.1 Å². The van der Waals surface area contributed by atoms with Gasteiger partial charge in [0.25, 0.3) is 0 Å². The summed E-state index contributed by atoms with van der Waals surface area (Å²) in [5.74, 6) is 0.917. The Kier molecular flexibility index (Phi) is 6.02. The van der Waals surface area contributed by atoms with Gasteiger partial charge in [0.2, 0.25) is 0 Å². The molecule has 0 spiro atoms. The van der Waals surface area contributed by atoms with Crippen LogP contribution in [0.2, 0.25) is 0 Å². The lowest BCUT2D eigenvalue weighted by atomic mass is 9.87. The zero-order valence-electron chi connectivity index (χ0n) is 12.5. The lowest BCUT2D eigenvalue weighted by Crippen LogP contribution is -2.46. The van der Waals surface area contributed by atoms with Crippen molar-refractivity contribution in [1.29, 1.82) is 0 Å². The Labute approximate surface area is 122 Å². The van der Waals surface area contributed by atoms with Crippen molar-refractivity contribution in [2.75, 3.05) is 26.4 Å². The number of ether oxygens (including phenoxy) is 1. The second kappa shape index (κ2) is 7.77. The van der Waals surface area contributed by atoms with E-state index >= 15 is 0 Å². The third-order valence-electron chi connectivity index (χ3n) is 4.15. The van der Waals surface area contributed by atoms with Gasteiger partial charge in [-0.3, -0.25) is 0 Å². The fraction of sp³-hybridized carbons (Fsp3) is 0.647. The summed E-state index contributed by atoms with van der Waals surface area (Å²) >= 11 is 0. The Morgan fingerprint density at radius 3 is 2.60 bits per heavy atom. The number of nitrogens with one attached hydrogen (secondary N) is 1. The number of hydrogen-bond donors (Lipinski definition) is 2. The first-order chi connectivity index (χ1) is 9.80. The van der Waals surface area contributed by atoms with E-state index in [1.165, 1.54) is 19.3 Å². The molecule has 0 heterocycles. The van der Waals surface area contributed by atoms with Gasteiger partial charge >= 0.3 is 0 Å². The van der Waals surface area contributed by atoms with Crippen molar-refractivity contribution < 1.29 is 9.84 Å². The predicted molar refractivity (Wildman–Crippen MR) is 81.7 cm³/mol. The predicted octanol–water partition coefficient (Wildman–Crippen LogP) is 2.69. The fourth-order valence-corrected chi connectivity index (χ4v) is 2.66. The SMILES string of the molecule is CCNC(CO)(CCOCCC1CC1)c1ccccc1. The molecule has 1 aliphatic carbocycles. The van der Waals surface area contributed by atoms with E-state index in [1.54, 1.807) is 0 Å². The van der Waals surface area contributed by atoms with Gasteiger partial charge in [-0.1, -0.05) is 50.1 Å². The van der Waals surface area contributed by atoms with Crippen LogP contribution in [0.15, 0.2) is 30.3 Å². The molecule has 0 radical (unpaired) electrons. The Balaban J connectivity index is 1.88. The van der Waals surface area contributed by atoms with E-state index in [1.807, 2.05) is 18.2 Å². The normalized spacial score (nSPS) is 17.9. The third-order valence-corrected chi connectivity index (χ3v) is 4.15. The van der Waals surface area contributed by atoms with E-state index in [9.17, 15) is 5.11 Å². The van der Waals surface area contributed by atoms with E-state index in [-0.39, 0.29) is 12.1 Å². The third kappa shape index (κ3) is 4.30. The molecule has 1 fully saturated rings. The summed E-state index contributed by atoms with van der Waals surface area (Å²) in [5, 5.41) is 13.3. The lowest BCUT2D eigenvalue weighted by molar-refractivity contribution is 0.0767. The van der Waals surface area contributed by atoms with Crippen LogP contribution in [0.4, 0.5) is 0 Å². The van der Waals surface area contributed by atoms with Crippen LogP contribution in [-0.2, 0) is 10.3 Å². The van der Waals surface area contributed by atoms with Crippen LogP contribution < -0.4 is 5.32 Å². The molecule has 0 amide bonds. The van der Waals surface area contributed by atoms with E-state index in [2.05, 4.69) is 24.4 Å². The van der Waals surface area contributed by atoms with Gasteiger partial charge in [0.15, 0.2) is 0 Å². The molecule has 112 valence electrons. The highest BCUT2D eigenvalue weighted by Gasteiger charge is 2.30. The van der Waals surface area contributed by atoms with Crippen LogP contribution in [0.25, 0.3) is 0 Å². The molecular formula is C17H27NO2. The molecule has 1 aliphatic rings. The molecule has 1 aromatic carbocycles. The Morgan fingerprint density at radius 2 is 2.00 bits per heavy atom. The van der Waals surface area contributed by atoms with Gasteiger partial charge in [0.1, 0.15) is 0 Å². The van der Waals surface area contributed by atoms with E-state index in [4.69, 9.17) is 4.74 Å². The van der Waals surface area contributed by atoms with Gasteiger partial charge in [-0.15, -0.1) is 0 Å². The molecule has 1 aromatic rings. The molecule has 2 rings (SSSR count). The molecule has 1 unspecified atom stereocenters. The summed E-state index contributed by atoms with van der Waals surface area (Å²) < 4.78 is 5.76. The quantitative estimate of drug-likeness (QED) is 0.646. The maximum absolute atomic E-state index is 9.90. The summed E-state index contributed by atoms with van der Waals surface area (Å²) in [7, 11) is 0. The first-order valence-electron chi connectivity index (χ1n) is 7.80. The second-order valence-electron chi connectivity index (χ2n) is 5.73. The van der Waals surface area contributed by atoms with Crippen LogP contribution in [0.5, 0.6) is 0 Å². The first kappa shape index (κ1) is 15.5. The van der Waals surface area contributed by atoms with Gasteiger partial charge in [-0.25, -0.2) is 0 Å². The van der Waals surface area contributed by atoms with Crippen LogP contribution in [0.3, 0.4) is 0 Å².